The molecule has 0 aliphatic rings. The van der Waals surface area contributed by atoms with Gasteiger partial charge in [0.2, 0.25) is 0 Å². The van der Waals surface area contributed by atoms with Crippen molar-refractivity contribution in [2.24, 2.45) is 0 Å². The van der Waals surface area contributed by atoms with Gasteiger partial charge >= 0.3 is 0 Å². The number of para-hydroxylation sites is 1. The Morgan fingerprint density at radius 2 is 1.86 bits per heavy atom. The highest BCUT2D eigenvalue weighted by Gasteiger charge is 2.23. The molecule has 0 saturated heterocycles. The van der Waals surface area contributed by atoms with Crippen LogP contribution in [0.2, 0.25) is 0 Å². The zero-order valence-corrected chi connectivity index (χ0v) is 16.0. The molecule has 4 aromatic heterocycles. The van der Waals surface area contributed by atoms with Gasteiger partial charge in [0, 0.05) is 24.0 Å². The second kappa shape index (κ2) is 7.44. The van der Waals surface area contributed by atoms with Gasteiger partial charge in [0.25, 0.3) is 0 Å². The number of benzene rings is 1. The van der Waals surface area contributed by atoms with E-state index in [2.05, 4.69) is 38.5 Å². The van der Waals surface area contributed by atoms with E-state index in [0.29, 0.717) is 17.2 Å². The van der Waals surface area contributed by atoms with Crippen LogP contribution < -0.4 is 5.32 Å². The number of aromatic nitrogens is 5. The van der Waals surface area contributed by atoms with E-state index < -0.39 is 0 Å². The lowest BCUT2D eigenvalue weighted by molar-refractivity contribution is 0.619. The smallest absolute Gasteiger partial charge is 0.198 e. The molecule has 0 bridgehead atoms. The maximum Gasteiger partial charge on any atom is 0.198 e. The molecule has 7 heteroatoms. The number of nitrogens with zero attached hydrogens (tertiary/aromatic N) is 5. The van der Waals surface area contributed by atoms with E-state index in [4.69, 9.17) is 9.52 Å². The Morgan fingerprint density at radius 1 is 1.00 bits per heavy atom. The van der Waals surface area contributed by atoms with E-state index in [0.717, 1.165) is 47.1 Å². The molecule has 1 N–H and O–H groups in total. The Kier molecular flexibility index (Phi) is 4.50. The molecule has 5 aromatic rings. The van der Waals surface area contributed by atoms with Gasteiger partial charge in [-0.15, -0.1) is 0 Å². The first-order chi connectivity index (χ1) is 14.4. The van der Waals surface area contributed by atoms with Crippen molar-refractivity contribution >= 4 is 21.9 Å². The van der Waals surface area contributed by atoms with Crippen LogP contribution in [0.3, 0.4) is 0 Å². The molecule has 0 radical (unpaired) electrons. The van der Waals surface area contributed by atoms with Crippen molar-refractivity contribution in [1.82, 2.24) is 30.0 Å². The Hall–Kier alpha value is -3.58. The van der Waals surface area contributed by atoms with Gasteiger partial charge in [0.15, 0.2) is 17.2 Å². The summed E-state index contributed by atoms with van der Waals surface area (Å²) in [6, 6.07) is 12.0. The molecule has 0 aliphatic carbocycles. The SMILES string of the molecule is CNCCCc1nn(-c2c(-c3ncccn3)oc3cnccc23)c2ccccc12. The van der Waals surface area contributed by atoms with Gasteiger partial charge in [-0.05, 0) is 44.6 Å². The molecule has 0 unspecified atom stereocenters. The quantitative estimate of drug-likeness (QED) is 0.449. The summed E-state index contributed by atoms with van der Waals surface area (Å²) in [6.45, 7) is 0.949. The minimum atomic E-state index is 0.523. The summed E-state index contributed by atoms with van der Waals surface area (Å²) in [5.74, 6) is 1.11. The van der Waals surface area contributed by atoms with Gasteiger partial charge < -0.3 is 9.73 Å². The second-order valence-electron chi connectivity index (χ2n) is 6.81. The fraction of sp³-hybridized carbons (Fsp3) is 0.182. The largest absolute Gasteiger partial charge is 0.449 e. The van der Waals surface area contributed by atoms with Crippen LogP contribution in [-0.4, -0.2) is 38.3 Å². The summed E-state index contributed by atoms with van der Waals surface area (Å²) in [5.41, 5.74) is 3.62. The number of pyridine rings is 1. The van der Waals surface area contributed by atoms with E-state index in [1.165, 1.54) is 0 Å². The number of fused-ring (bicyclic) bond motifs is 2. The van der Waals surface area contributed by atoms with Crippen LogP contribution in [0, 0.1) is 0 Å². The highest BCUT2D eigenvalue weighted by molar-refractivity contribution is 5.95. The number of nitrogens with one attached hydrogen (secondary N) is 1. The molecule has 0 spiro atoms. The highest BCUT2D eigenvalue weighted by atomic mass is 16.3. The second-order valence-corrected chi connectivity index (χ2v) is 6.81. The Balaban J connectivity index is 1.77. The predicted molar refractivity (Wildman–Crippen MR) is 112 cm³/mol. The zero-order valence-electron chi connectivity index (χ0n) is 16.0. The first-order valence-corrected chi connectivity index (χ1v) is 9.62. The van der Waals surface area contributed by atoms with Crippen LogP contribution >= 0.6 is 0 Å². The van der Waals surface area contributed by atoms with Crippen molar-refractivity contribution in [1.29, 1.82) is 0 Å². The maximum absolute atomic E-state index is 6.14. The molecule has 5 rings (SSSR count). The van der Waals surface area contributed by atoms with Crippen molar-refractivity contribution in [2.75, 3.05) is 13.6 Å². The van der Waals surface area contributed by atoms with Crippen molar-refractivity contribution in [2.45, 2.75) is 12.8 Å². The van der Waals surface area contributed by atoms with E-state index in [1.54, 1.807) is 30.9 Å². The van der Waals surface area contributed by atoms with Crippen LogP contribution in [-0.2, 0) is 6.42 Å². The van der Waals surface area contributed by atoms with Crippen molar-refractivity contribution in [3.63, 3.8) is 0 Å². The molecule has 144 valence electrons. The van der Waals surface area contributed by atoms with Crippen molar-refractivity contribution < 1.29 is 4.42 Å². The summed E-state index contributed by atoms with van der Waals surface area (Å²) in [6.07, 6.45) is 8.80. The predicted octanol–water partition coefficient (Wildman–Crippen LogP) is 3.78. The van der Waals surface area contributed by atoms with Gasteiger partial charge in [-0.25, -0.2) is 14.6 Å². The molecule has 7 nitrogen and oxygen atoms in total. The first-order valence-electron chi connectivity index (χ1n) is 9.62. The third kappa shape index (κ3) is 3.05. The summed E-state index contributed by atoms with van der Waals surface area (Å²) in [7, 11) is 1.97. The molecule has 0 fully saturated rings. The average molecular weight is 384 g/mol. The molecular weight excluding hydrogens is 364 g/mol. The van der Waals surface area contributed by atoms with E-state index >= 15 is 0 Å². The minimum Gasteiger partial charge on any atom is -0.449 e. The van der Waals surface area contributed by atoms with Gasteiger partial charge in [-0.3, -0.25) is 4.98 Å². The number of rotatable bonds is 6. The number of aryl methyl sites for hydroxylation is 1. The Bertz CT molecular complexity index is 1270. The van der Waals surface area contributed by atoms with Gasteiger partial charge in [0.05, 0.1) is 22.8 Å². The fourth-order valence-corrected chi connectivity index (χ4v) is 3.63. The average Bonchev–Trinajstić information content (AvgIpc) is 3.33. The van der Waals surface area contributed by atoms with Crippen LogP contribution in [0.4, 0.5) is 0 Å². The minimum absolute atomic E-state index is 0.523. The molecule has 0 atom stereocenters. The lowest BCUT2D eigenvalue weighted by Gasteiger charge is -2.04. The van der Waals surface area contributed by atoms with E-state index in [-0.39, 0.29) is 0 Å². The lowest BCUT2D eigenvalue weighted by Crippen LogP contribution is -2.08. The number of furan rings is 1. The summed E-state index contributed by atoms with van der Waals surface area (Å²) >= 11 is 0. The Labute approximate surface area is 167 Å². The molecule has 29 heavy (non-hydrogen) atoms. The molecule has 0 amide bonds. The standard InChI is InChI=1S/C22H20N6O/c1-23-10-4-7-17-15-6-2-3-8-18(15)28(27-17)20-16-9-13-24-14-19(16)29-21(20)22-25-11-5-12-26-22/h2-3,5-6,8-9,11-14,23H,4,7,10H2,1H3. The maximum atomic E-state index is 6.14. The third-order valence-electron chi connectivity index (χ3n) is 4.95. The van der Waals surface area contributed by atoms with Crippen LogP contribution in [0.1, 0.15) is 12.1 Å². The van der Waals surface area contributed by atoms with Gasteiger partial charge in [0.1, 0.15) is 5.69 Å². The third-order valence-corrected chi connectivity index (χ3v) is 4.95. The van der Waals surface area contributed by atoms with Crippen molar-refractivity contribution in [3.05, 3.63) is 66.9 Å². The molecule has 1 aromatic carbocycles. The van der Waals surface area contributed by atoms with E-state index in [1.807, 2.05) is 23.9 Å². The fourth-order valence-electron chi connectivity index (χ4n) is 3.63. The summed E-state index contributed by atoms with van der Waals surface area (Å²) < 4.78 is 8.10. The number of hydrogen-bond acceptors (Lipinski definition) is 6. The zero-order chi connectivity index (χ0) is 19.6. The van der Waals surface area contributed by atoms with Crippen LogP contribution in [0.25, 0.3) is 39.1 Å². The summed E-state index contributed by atoms with van der Waals surface area (Å²) in [4.78, 5) is 13.0. The first kappa shape index (κ1) is 17.5. The molecule has 0 aliphatic heterocycles. The highest BCUT2D eigenvalue weighted by Crippen LogP contribution is 2.36. The molecule has 4 heterocycles. The number of hydrogen-bond donors (Lipinski definition) is 1. The van der Waals surface area contributed by atoms with E-state index in [9.17, 15) is 0 Å². The monoisotopic (exact) mass is 384 g/mol. The topological polar surface area (TPSA) is 81.7 Å². The normalized spacial score (nSPS) is 11.5. The van der Waals surface area contributed by atoms with Crippen molar-refractivity contribution in [3.8, 4) is 17.3 Å². The van der Waals surface area contributed by atoms with Gasteiger partial charge in [-0.1, -0.05) is 18.2 Å². The lowest BCUT2D eigenvalue weighted by atomic mass is 10.1. The van der Waals surface area contributed by atoms with Crippen LogP contribution in [0.15, 0.2) is 65.6 Å². The summed E-state index contributed by atoms with van der Waals surface area (Å²) in [5, 5.41) is 10.3. The van der Waals surface area contributed by atoms with Gasteiger partial charge in [-0.2, -0.15) is 5.10 Å². The Morgan fingerprint density at radius 3 is 2.72 bits per heavy atom. The van der Waals surface area contributed by atoms with Crippen LogP contribution in [0.5, 0.6) is 0 Å². The molecular formula is C22H20N6O. The molecule has 0 saturated carbocycles.